The van der Waals surface area contributed by atoms with Crippen LogP contribution in [0.5, 0.6) is 0 Å². The lowest BCUT2D eigenvalue weighted by Crippen LogP contribution is -2.40. The topological polar surface area (TPSA) is 107 Å². The number of fused-ring (bicyclic) bond motifs is 1. The lowest BCUT2D eigenvalue weighted by molar-refractivity contribution is -0.130. The van der Waals surface area contributed by atoms with Gasteiger partial charge in [-0.3, -0.25) is 9.59 Å². The number of hydrogen-bond donors (Lipinski definition) is 3. The van der Waals surface area contributed by atoms with E-state index in [1.54, 1.807) is 25.3 Å². The first-order chi connectivity index (χ1) is 15.0. The lowest BCUT2D eigenvalue weighted by atomic mass is 9.93. The number of rotatable bonds is 5. The number of nitrogens with one attached hydrogen (secondary N) is 2. The van der Waals surface area contributed by atoms with Crippen molar-refractivity contribution in [3.05, 3.63) is 30.0 Å². The van der Waals surface area contributed by atoms with E-state index in [-0.39, 0.29) is 24.0 Å². The van der Waals surface area contributed by atoms with Gasteiger partial charge in [0, 0.05) is 49.7 Å². The second kappa shape index (κ2) is 9.60. The van der Waals surface area contributed by atoms with Gasteiger partial charge in [-0.15, -0.1) is 0 Å². The van der Waals surface area contributed by atoms with E-state index in [4.69, 9.17) is 0 Å². The maximum absolute atomic E-state index is 12.7. The minimum absolute atomic E-state index is 0.106. The van der Waals surface area contributed by atoms with Crippen LogP contribution in [0.1, 0.15) is 55.8 Å². The fourth-order valence-corrected chi connectivity index (χ4v) is 4.43. The molecule has 3 N–H and O–H groups in total. The molecule has 2 fully saturated rings. The molecule has 0 unspecified atom stereocenters. The SMILES string of the molecule is CC(=O)N1CCC(CNC(=O)c2ccc3cnc(NC4CCC(O)CC4)nc3c2)CC1. The van der Waals surface area contributed by atoms with Gasteiger partial charge < -0.3 is 20.6 Å². The number of piperidine rings is 1. The van der Waals surface area contributed by atoms with Crippen molar-refractivity contribution in [3.63, 3.8) is 0 Å². The highest BCUT2D eigenvalue weighted by Crippen LogP contribution is 2.22. The molecule has 0 atom stereocenters. The van der Waals surface area contributed by atoms with Crippen molar-refractivity contribution in [2.24, 2.45) is 5.92 Å². The standard InChI is InChI=1S/C23H31N5O3/c1-15(29)28-10-8-16(9-11-28)13-24-22(31)17-2-3-18-14-25-23(27-21(18)12-17)26-19-4-6-20(30)7-5-19/h2-3,12,14,16,19-20,30H,4-11,13H2,1H3,(H,24,31)(H,25,26,27). The summed E-state index contributed by atoms with van der Waals surface area (Å²) in [6.45, 7) is 3.75. The van der Waals surface area contributed by atoms with Crippen LogP contribution in [-0.2, 0) is 4.79 Å². The molecule has 8 nitrogen and oxygen atoms in total. The van der Waals surface area contributed by atoms with Gasteiger partial charge in [-0.2, -0.15) is 0 Å². The summed E-state index contributed by atoms with van der Waals surface area (Å²) in [6, 6.07) is 5.74. The Morgan fingerprint density at radius 2 is 1.87 bits per heavy atom. The third-order valence-corrected chi connectivity index (χ3v) is 6.49. The Bertz CT molecular complexity index is 934. The molecule has 31 heavy (non-hydrogen) atoms. The van der Waals surface area contributed by atoms with Crippen LogP contribution in [0.15, 0.2) is 24.4 Å². The zero-order valence-corrected chi connectivity index (χ0v) is 18.0. The molecule has 1 aromatic heterocycles. The van der Waals surface area contributed by atoms with E-state index in [1.807, 2.05) is 11.0 Å². The van der Waals surface area contributed by atoms with E-state index in [0.717, 1.165) is 62.5 Å². The number of amides is 2. The number of aliphatic hydroxyl groups is 1. The Morgan fingerprint density at radius 3 is 2.58 bits per heavy atom. The number of carbonyl (C=O) groups excluding carboxylic acids is 2. The summed E-state index contributed by atoms with van der Waals surface area (Å²) in [7, 11) is 0. The van der Waals surface area contributed by atoms with E-state index in [0.29, 0.717) is 24.0 Å². The summed E-state index contributed by atoms with van der Waals surface area (Å²) in [5.74, 6) is 0.969. The van der Waals surface area contributed by atoms with Crippen LogP contribution in [0.25, 0.3) is 10.9 Å². The van der Waals surface area contributed by atoms with Crippen molar-refractivity contribution in [2.75, 3.05) is 25.0 Å². The predicted molar refractivity (Wildman–Crippen MR) is 119 cm³/mol. The monoisotopic (exact) mass is 425 g/mol. The number of carbonyl (C=O) groups is 2. The van der Waals surface area contributed by atoms with Crippen LogP contribution in [-0.4, -0.2) is 63.6 Å². The maximum atomic E-state index is 12.7. The maximum Gasteiger partial charge on any atom is 0.251 e. The van der Waals surface area contributed by atoms with Gasteiger partial charge in [0.15, 0.2) is 0 Å². The summed E-state index contributed by atoms with van der Waals surface area (Å²) in [5, 5.41) is 16.9. The Balaban J connectivity index is 1.35. The largest absolute Gasteiger partial charge is 0.393 e. The molecule has 2 aliphatic rings. The molecule has 1 aliphatic carbocycles. The summed E-state index contributed by atoms with van der Waals surface area (Å²) in [4.78, 5) is 35.0. The Kier molecular flexibility index (Phi) is 6.65. The number of likely N-dealkylation sites (tertiary alicyclic amines) is 1. The summed E-state index contributed by atoms with van der Waals surface area (Å²) < 4.78 is 0. The van der Waals surface area contributed by atoms with Crippen molar-refractivity contribution < 1.29 is 14.7 Å². The van der Waals surface area contributed by atoms with Crippen molar-refractivity contribution in [3.8, 4) is 0 Å². The van der Waals surface area contributed by atoms with Gasteiger partial charge in [0.25, 0.3) is 5.91 Å². The van der Waals surface area contributed by atoms with Crippen molar-refractivity contribution in [1.29, 1.82) is 0 Å². The average molecular weight is 426 g/mol. The quantitative estimate of drug-likeness (QED) is 0.679. The third-order valence-electron chi connectivity index (χ3n) is 6.49. The van der Waals surface area contributed by atoms with Crippen LogP contribution >= 0.6 is 0 Å². The van der Waals surface area contributed by atoms with Gasteiger partial charge in [-0.25, -0.2) is 9.97 Å². The molecule has 0 spiro atoms. The highest BCUT2D eigenvalue weighted by atomic mass is 16.3. The number of benzene rings is 1. The van der Waals surface area contributed by atoms with Crippen molar-refractivity contribution >= 4 is 28.7 Å². The molecule has 1 aromatic carbocycles. The molecule has 2 heterocycles. The van der Waals surface area contributed by atoms with Crippen LogP contribution < -0.4 is 10.6 Å². The first kappa shape index (κ1) is 21.5. The van der Waals surface area contributed by atoms with Crippen LogP contribution in [0.2, 0.25) is 0 Å². The highest BCUT2D eigenvalue weighted by molar-refractivity contribution is 5.97. The predicted octanol–water partition coefficient (Wildman–Crippen LogP) is 2.33. The molecule has 4 rings (SSSR count). The van der Waals surface area contributed by atoms with Crippen LogP contribution in [0.4, 0.5) is 5.95 Å². The number of anilines is 1. The Hall–Kier alpha value is -2.74. The molecule has 8 heteroatoms. The fourth-order valence-electron chi connectivity index (χ4n) is 4.43. The second-order valence-corrected chi connectivity index (χ2v) is 8.78. The van der Waals surface area contributed by atoms with E-state index < -0.39 is 0 Å². The third kappa shape index (κ3) is 5.50. The average Bonchev–Trinajstić information content (AvgIpc) is 2.78. The molecular formula is C23H31N5O3. The van der Waals surface area contributed by atoms with Gasteiger partial charge in [0.2, 0.25) is 11.9 Å². The molecule has 1 saturated heterocycles. The molecule has 166 valence electrons. The number of aromatic nitrogens is 2. The lowest BCUT2D eigenvalue weighted by Gasteiger charge is -2.31. The zero-order valence-electron chi connectivity index (χ0n) is 18.0. The number of aliphatic hydroxyl groups excluding tert-OH is 1. The molecule has 1 saturated carbocycles. The molecule has 0 radical (unpaired) electrons. The second-order valence-electron chi connectivity index (χ2n) is 8.78. The molecule has 2 aromatic rings. The molecule has 0 bridgehead atoms. The summed E-state index contributed by atoms with van der Waals surface area (Å²) in [5.41, 5.74) is 1.31. The highest BCUT2D eigenvalue weighted by Gasteiger charge is 2.22. The van der Waals surface area contributed by atoms with E-state index in [9.17, 15) is 14.7 Å². The van der Waals surface area contributed by atoms with Gasteiger partial charge in [0.05, 0.1) is 11.6 Å². The molecule has 2 amide bonds. The van der Waals surface area contributed by atoms with Crippen LogP contribution in [0, 0.1) is 5.92 Å². The Labute approximate surface area is 182 Å². The number of hydrogen-bond acceptors (Lipinski definition) is 6. The molecule has 1 aliphatic heterocycles. The van der Waals surface area contributed by atoms with Crippen molar-refractivity contribution in [2.45, 2.75) is 57.6 Å². The van der Waals surface area contributed by atoms with Gasteiger partial charge in [-0.1, -0.05) is 6.07 Å². The normalized spacial score (nSPS) is 22.3. The van der Waals surface area contributed by atoms with Gasteiger partial charge >= 0.3 is 0 Å². The van der Waals surface area contributed by atoms with Crippen molar-refractivity contribution in [1.82, 2.24) is 20.2 Å². The fraction of sp³-hybridized carbons (Fsp3) is 0.565. The van der Waals surface area contributed by atoms with Gasteiger partial charge in [0.1, 0.15) is 0 Å². The summed E-state index contributed by atoms with van der Waals surface area (Å²) in [6.07, 6.45) is 6.79. The van der Waals surface area contributed by atoms with E-state index >= 15 is 0 Å². The first-order valence-corrected chi connectivity index (χ1v) is 11.2. The zero-order chi connectivity index (χ0) is 21.8. The van der Waals surface area contributed by atoms with E-state index in [2.05, 4.69) is 20.6 Å². The summed E-state index contributed by atoms with van der Waals surface area (Å²) >= 11 is 0. The minimum Gasteiger partial charge on any atom is -0.393 e. The first-order valence-electron chi connectivity index (χ1n) is 11.2. The Morgan fingerprint density at radius 1 is 1.13 bits per heavy atom. The van der Waals surface area contributed by atoms with Crippen LogP contribution in [0.3, 0.4) is 0 Å². The van der Waals surface area contributed by atoms with Gasteiger partial charge in [-0.05, 0) is 56.6 Å². The number of nitrogens with zero attached hydrogens (tertiary/aromatic N) is 3. The van der Waals surface area contributed by atoms with E-state index in [1.165, 1.54) is 0 Å². The minimum atomic E-state index is -0.196. The smallest absolute Gasteiger partial charge is 0.251 e. The molecular weight excluding hydrogens is 394 g/mol.